The molecule has 23 heavy (non-hydrogen) atoms. The van der Waals surface area contributed by atoms with Gasteiger partial charge in [-0.1, -0.05) is 0 Å². The largest absolute Gasteiger partial charge is 0.365 e. The first-order chi connectivity index (χ1) is 10.9. The van der Waals surface area contributed by atoms with E-state index in [2.05, 4.69) is 5.32 Å². The van der Waals surface area contributed by atoms with E-state index in [1.165, 1.54) is 10.6 Å². The first kappa shape index (κ1) is 16.0. The number of rotatable bonds is 3. The average molecular weight is 427 g/mol. The third-order valence-corrected chi connectivity index (χ3v) is 4.76. The molecule has 120 valence electrons. The molecular weight excluding hydrogens is 412 g/mol. The molecule has 0 atom stereocenters. The van der Waals surface area contributed by atoms with E-state index in [0.717, 1.165) is 9.99 Å². The van der Waals surface area contributed by atoms with Crippen LogP contribution in [0.25, 0.3) is 0 Å². The van der Waals surface area contributed by atoms with Crippen LogP contribution in [0.1, 0.15) is 27.9 Å². The van der Waals surface area contributed by atoms with Crippen LogP contribution < -0.4 is 16.6 Å². The van der Waals surface area contributed by atoms with Gasteiger partial charge in [-0.3, -0.25) is 14.2 Å². The number of aromatic nitrogens is 1. The van der Waals surface area contributed by atoms with E-state index in [1.807, 2.05) is 22.6 Å². The highest BCUT2D eigenvalue weighted by Crippen LogP contribution is 2.30. The molecule has 1 amide bonds. The van der Waals surface area contributed by atoms with Crippen LogP contribution in [0.3, 0.4) is 0 Å². The first-order valence-corrected chi connectivity index (χ1v) is 8.24. The van der Waals surface area contributed by atoms with Gasteiger partial charge in [-0.2, -0.15) is 0 Å². The first-order valence-electron chi connectivity index (χ1n) is 7.16. The van der Waals surface area contributed by atoms with Gasteiger partial charge in [0.1, 0.15) is 11.6 Å². The Bertz CT molecular complexity index is 877. The van der Waals surface area contributed by atoms with E-state index in [9.17, 15) is 14.0 Å². The molecule has 0 saturated carbocycles. The highest BCUT2D eigenvalue weighted by atomic mass is 127. The summed E-state index contributed by atoms with van der Waals surface area (Å²) in [5, 5.41) is 2.87. The predicted octanol–water partition coefficient (Wildman–Crippen LogP) is 2.46. The number of carbonyl (C=O) groups excluding carboxylic acids is 1. The van der Waals surface area contributed by atoms with Crippen LogP contribution in [0.2, 0.25) is 0 Å². The normalized spacial score (nSPS) is 13.0. The van der Waals surface area contributed by atoms with Gasteiger partial charge < -0.3 is 11.1 Å². The third kappa shape index (κ3) is 2.73. The summed E-state index contributed by atoms with van der Waals surface area (Å²) in [4.78, 5) is 24.4. The van der Waals surface area contributed by atoms with Crippen LogP contribution in [0.15, 0.2) is 23.0 Å². The monoisotopic (exact) mass is 427 g/mol. The van der Waals surface area contributed by atoms with Gasteiger partial charge >= 0.3 is 0 Å². The number of amides is 1. The number of anilines is 2. The highest BCUT2D eigenvalue weighted by Gasteiger charge is 2.26. The van der Waals surface area contributed by atoms with Gasteiger partial charge in [0.25, 0.3) is 11.5 Å². The van der Waals surface area contributed by atoms with Crippen molar-refractivity contribution in [2.24, 2.45) is 12.8 Å². The lowest BCUT2D eigenvalue weighted by Gasteiger charge is -2.18. The topological polar surface area (TPSA) is 77.1 Å². The Morgan fingerprint density at radius 1 is 1.35 bits per heavy atom. The number of hydrogen-bond acceptors (Lipinski definition) is 3. The van der Waals surface area contributed by atoms with Gasteiger partial charge in [-0.15, -0.1) is 0 Å². The van der Waals surface area contributed by atoms with Gasteiger partial charge in [-0.25, -0.2) is 4.39 Å². The number of halogens is 2. The molecule has 1 aliphatic carbocycles. The number of nitrogens with zero attached hydrogens (tertiary/aromatic N) is 1. The summed E-state index contributed by atoms with van der Waals surface area (Å²) in [6.07, 6.45) is 2.08. The van der Waals surface area contributed by atoms with Gasteiger partial charge in [0.05, 0.1) is 11.3 Å². The number of fused-ring (bicyclic) bond motifs is 1. The van der Waals surface area contributed by atoms with Crippen molar-refractivity contribution in [3.05, 3.63) is 54.6 Å². The van der Waals surface area contributed by atoms with Gasteiger partial charge in [0.2, 0.25) is 0 Å². The molecule has 2 aromatic rings. The molecule has 0 unspecified atom stereocenters. The zero-order chi connectivity index (χ0) is 16.7. The van der Waals surface area contributed by atoms with Crippen molar-refractivity contribution in [3.8, 4) is 0 Å². The number of benzene rings is 1. The number of pyridine rings is 1. The molecule has 0 fully saturated rings. The van der Waals surface area contributed by atoms with Crippen LogP contribution >= 0.6 is 22.6 Å². The molecule has 1 aliphatic rings. The Balaban J connectivity index is 2.21. The molecule has 0 saturated heterocycles. The number of primary amides is 1. The summed E-state index contributed by atoms with van der Waals surface area (Å²) in [5.41, 5.74) is 7.16. The van der Waals surface area contributed by atoms with Crippen molar-refractivity contribution in [2.45, 2.75) is 19.3 Å². The molecule has 0 aliphatic heterocycles. The smallest absolute Gasteiger partial charge is 0.255 e. The number of hydrogen-bond donors (Lipinski definition) is 2. The number of nitrogens with two attached hydrogens (primary N) is 1. The molecule has 1 heterocycles. The van der Waals surface area contributed by atoms with Crippen LogP contribution in [0.4, 0.5) is 15.9 Å². The van der Waals surface area contributed by atoms with Crippen LogP contribution in [-0.4, -0.2) is 10.5 Å². The van der Waals surface area contributed by atoms with Crippen LogP contribution in [0.5, 0.6) is 0 Å². The van der Waals surface area contributed by atoms with E-state index in [1.54, 1.807) is 19.2 Å². The average Bonchev–Trinajstić information content (AvgIpc) is 2.96. The molecule has 5 nitrogen and oxygen atoms in total. The fraction of sp³-hybridized carbons (Fsp3) is 0.250. The third-order valence-electron chi connectivity index (χ3n) is 4.09. The minimum atomic E-state index is -0.618. The van der Waals surface area contributed by atoms with Crippen molar-refractivity contribution >= 4 is 40.0 Å². The molecule has 0 bridgehead atoms. The minimum Gasteiger partial charge on any atom is -0.365 e. The van der Waals surface area contributed by atoms with Gasteiger partial charge in [-0.05, 0) is 65.6 Å². The Morgan fingerprint density at radius 3 is 2.70 bits per heavy atom. The molecule has 1 aromatic heterocycles. The Morgan fingerprint density at radius 2 is 2.04 bits per heavy atom. The maximum atomic E-state index is 14.1. The lowest BCUT2D eigenvalue weighted by Crippen LogP contribution is -2.29. The fourth-order valence-electron chi connectivity index (χ4n) is 3.00. The van der Waals surface area contributed by atoms with Crippen molar-refractivity contribution in [3.63, 3.8) is 0 Å². The Labute approximate surface area is 145 Å². The summed E-state index contributed by atoms with van der Waals surface area (Å²) < 4.78 is 16.2. The maximum Gasteiger partial charge on any atom is 0.255 e. The lowest BCUT2D eigenvalue weighted by atomic mass is 10.0. The molecule has 0 spiro atoms. The lowest BCUT2D eigenvalue weighted by molar-refractivity contribution is 0.0999. The number of nitrogens with one attached hydrogen (secondary N) is 1. The van der Waals surface area contributed by atoms with E-state index < -0.39 is 11.7 Å². The summed E-state index contributed by atoms with van der Waals surface area (Å²) in [5.74, 6) is -0.837. The quantitative estimate of drug-likeness (QED) is 0.740. The molecule has 3 N–H and O–H groups in total. The van der Waals surface area contributed by atoms with E-state index in [0.29, 0.717) is 24.0 Å². The summed E-state index contributed by atoms with van der Waals surface area (Å²) >= 11 is 2.01. The van der Waals surface area contributed by atoms with Crippen molar-refractivity contribution < 1.29 is 9.18 Å². The molecule has 3 rings (SSSR count). The standard InChI is InChI=1S/C16H15FIN3O2/c1-21-15(20-12-6-5-8(18)7-11(12)17)13(14(19)22)9-3-2-4-10(9)16(21)23/h5-7,20H,2-4H2,1H3,(H2,19,22). The second-order valence-electron chi connectivity index (χ2n) is 5.51. The van der Waals surface area contributed by atoms with Crippen LogP contribution in [0, 0.1) is 9.39 Å². The van der Waals surface area contributed by atoms with Gasteiger partial charge in [0, 0.05) is 16.2 Å². The Hall–Kier alpha value is -1.90. The second kappa shape index (κ2) is 5.95. The van der Waals surface area contributed by atoms with Crippen molar-refractivity contribution in [1.82, 2.24) is 4.57 Å². The zero-order valence-electron chi connectivity index (χ0n) is 12.5. The summed E-state index contributed by atoms with van der Waals surface area (Å²) in [6, 6.07) is 4.68. The highest BCUT2D eigenvalue weighted by molar-refractivity contribution is 14.1. The fourth-order valence-corrected chi connectivity index (χ4v) is 3.45. The molecule has 0 radical (unpaired) electrons. The molecular formula is C16H15FIN3O2. The molecule has 1 aromatic carbocycles. The minimum absolute atomic E-state index is 0.170. The second-order valence-corrected chi connectivity index (χ2v) is 6.76. The maximum absolute atomic E-state index is 14.1. The van der Waals surface area contributed by atoms with Crippen molar-refractivity contribution in [1.29, 1.82) is 0 Å². The van der Waals surface area contributed by atoms with E-state index in [4.69, 9.17) is 5.73 Å². The summed E-state index contributed by atoms with van der Waals surface area (Å²) in [7, 11) is 1.56. The summed E-state index contributed by atoms with van der Waals surface area (Å²) in [6.45, 7) is 0. The number of carbonyl (C=O) groups is 1. The van der Waals surface area contributed by atoms with Gasteiger partial charge in [0.15, 0.2) is 0 Å². The zero-order valence-corrected chi connectivity index (χ0v) is 14.6. The van der Waals surface area contributed by atoms with E-state index >= 15 is 0 Å². The van der Waals surface area contributed by atoms with E-state index in [-0.39, 0.29) is 22.6 Å². The predicted molar refractivity (Wildman–Crippen MR) is 94.6 cm³/mol. The SMILES string of the molecule is Cn1c(Nc2ccc(I)cc2F)c(C(N)=O)c2c(c1=O)CCC2. The van der Waals surface area contributed by atoms with Crippen LogP contribution in [-0.2, 0) is 19.9 Å². The molecule has 7 heteroatoms. The Kier molecular flexibility index (Phi) is 4.13. The van der Waals surface area contributed by atoms with Crippen molar-refractivity contribution in [2.75, 3.05) is 5.32 Å².